The average Bonchev–Trinajstić information content (AvgIpc) is 2.74. The summed E-state index contributed by atoms with van der Waals surface area (Å²) in [6, 6.07) is 14.5. The number of primary amides is 1. The smallest absolute Gasteiger partial charge is 0.221 e. The van der Waals surface area contributed by atoms with Gasteiger partial charge >= 0.3 is 0 Å². The highest BCUT2D eigenvalue weighted by Gasteiger charge is 2.23. The summed E-state index contributed by atoms with van der Waals surface area (Å²) in [5.74, 6) is 1.41. The minimum absolute atomic E-state index is 0.0203. The molecule has 0 saturated carbocycles. The molecule has 1 atom stereocenters. The molecule has 0 bridgehead atoms. The number of ether oxygens (including phenoxy) is 2. The van der Waals surface area contributed by atoms with Crippen molar-refractivity contribution in [1.82, 2.24) is 10.2 Å². The van der Waals surface area contributed by atoms with Crippen molar-refractivity contribution >= 4 is 5.91 Å². The standard InChI is InChI=1S/C23H31N3O3/c1-28-21-9-8-19(22(12-21)29-2)14-25-13-17-5-3-6-18(11-17)15-26-10-4-7-20(16-26)23(24)27/h3,5-6,8-9,11-12,20,25H,4,7,10,13-16H2,1-2H3,(H2,24,27). The first-order chi connectivity index (χ1) is 14.1. The van der Waals surface area contributed by atoms with Gasteiger partial charge in [-0.3, -0.25) is 9.69 Å². The molecule has 6 heteroatoms. The van der Waals surface area contributed by atoms with Crippen LogP contribution in [0.2, 0.25) is 0 Å². The van der Waals surface area contributed by atoms with E-state index in [1.165, 1.54) is 11.1 Å². The number of methoxy groups -OCH3 is 2. The summed E-state index contributed by atoms with van der Waals surface area (Å²) in [5.41, 5.74) is 9.08. The second-order valence-electron chi connectivity index (χ2n) is 7.58. The van der Waals surface area contributed by atoms with Gasteiger partial charge in [0, 0.05) is 37.8 Å². The Balaban J connectivity index is 1.54. The zero-order valence-corrected chi connectivity index (χ0v) is 17.3. The van der Waals surface area contributed by atoms with E-state index in [-0.39, 0.29) is 11.8 Å². The molecule has 1 aliphatic heterocycles. The van der Waals surface area contributed by atoms with E-state index in [9.17, 15) is 4.79 Å². The largest absolute Gasteiger partial charge is 0.497 e. The molecular weight excluding hydrogens is 366 g/mol. The number of nitrogens with one attached hydrogen (secondary N) is 1. The van der Waals surface area contributed by atoms with Crippen LogP contribution in [0.1, 0.15) is 29.5 Å². The van der Waals surface area contributed by atoms with E-state index < -0.39 is 0 Å². The first-order valence-electron chi connectivity index (χ1n) is 10.1. The summed E-state index contributed by atoms with van der Waals surface area (Å²) < 4.78 is 10.7. The van der Waals surface area contributed by atoms with Crippen LogP contribution in [-0.4, -0.2) is 38.1 Å². The van der Waals surface area contributed by atoms with Gasteiger partial charge in [0.15, 0.2) is 0 Å². The van der Waals surface area contributed by atoms with Crippen LogP contribution in [-0.2, 0) is 24.4 Å². The first kappa shape index (κ1) is 21.1. The number of piperidine rings is 1. The number of nitrogens with two attached hydrogens (primary N) is 1. The van der Waals surface area contributed by atoms with Crippen molar-refractivity contribution in [3.63, 3.8) is 0 Å². The van der Waals surface area contributed by atoms with Gasteiger partial charge in [0.25, 0.3) is 0 Å². The number of likely N-dealkylation sites (tertiary alicyclic amines) is 1. The number of hydrogen-bond acceptors (Lipinski definition) is 5. The molecule has 0 aliphatic carbocycles. The van der Waals surface area contributed by atoms with E-state index >= 15 is 0 Å². The molecule has 0 radical (unpaired) electrons. The first-order valence-corrected chi connectivity index (χ1v) is 10.1. The van der Waals surface area contributed by atoms with Crippen molar-refractivity contribution in [2.75, 3.05) is 27.3 Å². The molecule has 2 aromatic rings. The van der Waals surface area contributed by atoms with Gasteiger partial charge in [0.1, 0.15) is 11.5 Å². The fourth-order valence-corrected chi connectivity index (χ4v) is 3.87. The fraction of sp³-hybridized carbons (Fsp3) is 0.435. The lowest BCUT2D eigenvalue weighted by Gasteiger charge is -2.31. The van der Waals surface area contributed by atoms with Gasteiger partial charge in [-0.25, -0.2) is 0 Å². The zero-order chi connectivity index (χ0) is 20.6. The van der Waals surface area contributed by atoms with Gasteiger partial charge in [-0.05, 0) is 36.6 Å². The predicted molar refractivity (Wildman–Crippen MR) is 114 cm³/mol. The number of nitrogens with zero attached hydrogens (tertiary/aromatic N) is 1. The molecule has 0 aromatic heterocycles. The summed E-state index contributed by atoms with van der Waals surface area (Å²) in [5, 5.41) is 3.49. The molecule has 6 nitrogen and oxygen atoms in total. The van der Waals surface area contributed by atoms with Gasteiger partial charge in [-0.15, -0.1) is 0 Å². The van der Waals surface area contributed by atoms with Crippen molar-refractivity contribution in [3.05, 3.63) is 59.2 Å². The van der Waals surface area contributed by atoms with Crippen LogP contribution >= 0.6 is 0 Å². The van der Waals surface area contributed by atoms with Crippen LogP contribution in [0.25, 0.3) is 0 Å². The Labute approximate surface area is 173 Å². The second-order valence-corrected chi connectivity index (χ2v) is 7.58. The minimum atomic E-state index is -0.179. The normalized spacial score (nSPS) is 17.1. The van der Waals surface area contributed by atoms with Crippen LogP contribution < -0.4 is 20.5 Å². The Hall–Kier alpha value is -2.57. The Morgan fingerprint density at radius 3 is 2.72 bits per heavy atom. The zero-order valence-electron chi connectivity index (χ0n) is 17.3. The Morgan fingerprint density at radius 1 is 1.14 bits per heavy atom. The number of hydrogen-bond donors (Lipinski definition) is 2. The number of rotatable bonds is 9. The summed E-state index contributed by atoms with van der Waals surface area (Å²) in [4.78, 5) is 13.8. The molecule has 3 rings (SSSR count). The third-order valence-corrected chi connectivity index (χ3v) is 5.44. The van der Waals surface area contributed by atoms with E-state index in [1.54, 1.807) is 14.2 Å². The molecule has 1 unspecified atom stereocenters. The Bertz CT molecular complexity index is 825. The molecule has 1 aliphatic rings. The summed E-state index contributed by atoms with van der Waals surface area (Å²) in [6.45, 7) is 4.11. The van der Waals surface area contributed by atoms with Crippen molar-refractivity contribution in [1.29, 1.82) is 0 Å². The third-order valence-electron chi connectivity index (χ3n) is 5.44. The van der Waals surface area contributed by atoms with Crippen molar-refractivity contribution < 1.29 is 14.3 Å². The molecule has 1 saturated heterocycles. The lowest BCUT2D eigenvalue weighted by Crippen LogP contribution is -2.40. The van der Waals surface area contributed by atoms with Crippen molar-refractivity contribution in [3.8, 4) is 11.5 Å². The molecule has 1 amide bonds. The van der Waals surface area contributed by atoms with Crippen LogP contribution in [0, 0.1) is 5.92 Å². The van der Waals surface area contributed by atoms with Gasteiger partial charge in [-0.2, -0.15) is 0 Å². The lowest BCUT2D eigenvalue weighted by atomic mass is 9.97. The van der Waals surface area contributed by atoms with Crippen molar-refractivity contribution in [2.45, 2.75) is 32.5 Å². The monoisotopic (exact) mass is 397 g/mol. The highest BCUT2D eigenvalue weighted by atomic mass is 16.5. The quantitative estimate of drug-likeness (QED) is 0.680. The minimum Gasteiger partial charge on any atom is -0.497 e. The molecule has 0 spiro atoms. The van der Waals surface area contributed by atoms with Gasteiger partial charge < -0.3 is 20.5 Å². The highest BCUT2D eigenvalue weighted by molar-refractivity contribution is 5.76. The van der Waals surface area contributed by atoms with E-state index in [4.69, 9.17) is 15.2 Å². The fourth-order valence-electron chi connectivity index (χ4n) is 3.87. The molecule has 1 fully saturated rings. The average molecular weight is 398 g/mol. The summed E-state index contributed by atoms with van der Waals surface area (Å²) in [6.07, 6.45) is 1.93. The van der Waals surface area contributed by atoms with Crippen LogP contribution in [0.4, 0.5) is 0 Å². The van der Waals surface area contributed by atoms with Gasteiger partial charge in [-0.1, -0.05) is 30.3 Å². The highest BCUT2D eigenvalue weighted by Crippen LogP contribution is 2.24. The lowest BCUT2D eigenvalue weighted by molar-refractivity contribution is -0.123. The maximum atomic E-state index is 11.5. The van der Waals surface area contributed by atoms with E-state index in [0.717, 1.165) is 56.1 Å². The topological polar surface area (TPSA) is 76.8 Å². The molecule has 1 heterocycles. The molecular formula is C23H31N3O3. The van der Waals surface area contributed by atoms with E-state index in [1.807, 2.05) is 18.2 Å². The van der Waals surface area contributed by atoms with E-state index in [0.29, 0.717) is 6.54 Å². The molecule has 156 valence electrons. The summed E-state index contributed by atoms with van der Waals surface area (Å²) >= 11 is 0. The van der Waals surface area contributed by atoms with Gasteiger partial charge in [0.05, 0.1) is 20.1 Å². The maximum Gasteiger partial charge on any atom is 0.221 e. The van der Waals surface area contributed by atoms with E-state index in [2.05, 4.69) is 34.5 Å². The molecule has 29 heavy (non-hydrogen) atoms. The second kappa shape index (κ2) is 10.3. The Morgan fingerprint density at radius 2 is 1.97 bits per heavy atom. The third kappa shape index (κ3) is 5.95. The van der Waals surface area contributed by atoms with Crippen LogP contribution in [0.15, 0.2) is 42.5 Å². The van der Waals surface area contributed by atoms with Crippen molar-refractivity contribution in [2.24, 2.45) is 11.7 Å². The maximum absolute atomic E-state index is 11.5. The molecule has 2 aromatic carbocycles. The van der Waals surface area contributed by atoms with Crippen LogP contribution in [0.3, 0.4) is 0 Å². The molecule has 3 N–H and O–H groups in total. The number of amides is 1. The Kier molecular flexibility index (Phi) is 7.49. The number of benzene rings is 2. The van der Waals surface area contributed by atoms with Crippen LogP contribution in [0.5, 0.6) is 11.5 Å². The predicted octanol–water partition coefficient (Wildman–Crippen LogP) is 2.69. The SMILES string of the molecule is COc1ccc(CNCc2cccc(CN3CCCC(C(N)=O)C3)c2)c(OC)c1. The summed E-state index contributed by atoms with van der Waals surface area (Å²) in [7, 11) is 3.32. The van der Waals surface area contributed by atoms with Gasteiger partial charge in [0.2, 0.25) is 5.91 Å². The number of carbonyl (C=O) groups excluding carboxylic acids is 1. The number of carbonyl (C=O) groups is 1.